The fourth-order valence-electron chi connectivity index (χ4n) is 1.06. The van der Waals surface area contributed by atoms with Crippen molar-refractivity contribution in [3.8, 4) is 18.1 Å². The van der Waals surface area contributed by atoms with Crippen LogP contribution in [-0.2, 0) is 0 Å². The molecule has 1 N–H and O–H groups in total. The minimum absolute atomic E-state index is 0.0348. The predicted octanol–water partition coefficient (Wildman–Crippen LogP) is 2.83. The summed E-state index contributed by atoms with van der Waals surface area (Å²) in [6.45, 7) is 3.46. The number of rotatable bonds is 3. The van der Waals surface area contributed by atoms with E-state index in [4.69, 9.17) is 27.9 Å². The highest BCUT2D eigenvalue weighted by Crippen LogP contribution is 2.25. The van der Waals surface area contributed by atoms with Crippen LogP contribution in [0.1, 0.15) is 24.2 Å². The number of carbonyl (C=O) groups is 1. The summed E-state index contributed by atoms with van der Waals surface area (Å²) in [5.74, 6) is 1.83. The molecule has 0 saturated heterocycles. The normalized spacial score (nSPS) is 10.6. The molecule has 0 heterocycles. The topological polar surface area (TPSA) is 46.5 Å². The van der Waals surface area contributed by atoms with Crippen molar-refractivity contribution < 1.29 is 14.6 Å². The molecule has 3 nitrogen and oxygen atoms in total. The molecule has 1 aromatic carbocycles. The zero-order chi connectivity index (χ0) is 12.3. The lowest BCUT2D eigenvalue weighted by Gasteiger charge is -2.20. The second-order valence-electron chi connectivity index (χ2n) is 3.70. The molecule has 0 aromatic heterocycles. The standard InChI is InChI=1S/C12H11ClO3/c1-4-12(2,3)16-8-5-6-9(11(14)15)10(13)7-8/h1,5-7H,2-3H3,(H,14,15). The van der Waals surface area contributed by atoms with Gasteiger partial charge in [0.15, 0.2) is 5.60 Å². The molecule has 0 saturated carbocycles. The Bertz CT molecular complexity index is 458. The Hall–Kier alpha value is -1.66. The first kappa shape index (κ1) is 12.4. The van der Waals surface area contributed by atoms with Crippen LogP contribution in [0.2, 0.25) is 5.02 Å². The average molecular weight is 239 g/mol. The molecule has 1 rings (SSSR count). The predicted molar refractivity (Wildman–Crippen MR) is 62.0 cm³/mol. The number of carboxylic acid groups (broad SMARTS) is 1. The van der Waals surface area contributed by atoms with Gasteiger partial charge in [0.25, 0.3) is 0 Å². The van der Waals surface area contributed by atoms with E-state index in [1.54, 1.807) is 13.8 Å². The first-order chi connectivity index (χ1) is 7.35. The van der Waals surface area contributed by atoms with Gasteiger partial charge in [0.1, 0.15) is 5.75 Å². The minimum Gasteiger partial charge on any atom is -0.478 e. The van der Waals surface area contributed by atoms with Crippen molar-refractivity contribution in [3.05, 3.63) is 28.8 Å². The number of terminal acetylenes is 1. The van der Waals surface area contributed by atoms with Gasteiger partial charge < -0.3 is 9.84 Å². The zero-order valence-electron chi connectivity index (χ0n) is 8.95. The SMILES string of the molecule is C#CC(C)(C)Oc1ccc(C(=O)O)c(Cl)c1. The fraction of sp³-hybridized carbons (Fsp3) is 0.250. The lowest BCUT2D eigenvalue weighted by Crippen LogP contribution is -2.25. The Balaban J connectivity index is 2.99. The maximum Gasteiger partial charge on any atom is 0.337 e. The van der Waals surface area contributed by atoms with Gasteiger partial charge in [0.05, 0.1) is 10.6 Å². The molecule has 0 aliphatic rings. The number of benzene rings is 1. The van der Waals surface area contributed by atoms with Crippen molar-refractivity contribution >= 4 is 17.6 Å². The summed E-state index contributed by atoms with van der Waals surface area (Å²) in [6.07, 6.45) is 5.27. The number of hydrogen-bond acceptors (Lipinski definition) is 2. The van der Waals surface area contributed by atoms with Crippen LogP contribution in [0.5, 0.6) is 5.75 Å². The minimum atomic E-state index is -1.08. The van der Waals surface area contributed by atoms with Crippen molar-refractivity contribution in [1.29, 1.82) is 0 Å². The third kappa shape index (κ3) is 2.91. The van der Waals surface area contributed by atoms with Crippen LogP contribution >= 0.6 is 11.6 Å². The van der Waals surface area contributed by atoms with Crippen molar-refractivity contribution in [2.75, 3.05) is 0 Å². The van der Waals surface area contributed by atoms with Gasteiger partial charge in [-0.2, -0.15) is 0 Å². The number of aromatic carboxylic acids is 1. The van der Waals surface area contributed by atoms with Crippen LogP contribution in [0.25, 0.3) is 0 Å². The van der Waals surface area contributed by atoms with Gasteiger partial charge in [-0.25, -0.2) is 4.79 Å². The van der Waals surface area contributed by atoms with E-state index in [0.717, 1.165) is 0 Å². The average Bonchev–Trinajstić information content (AvgIpc) is 2.16. The molecule has 0 atom stereocenters. The highest BCUT2D eigenvalue weighted by Gasteiger charge is 2.17. The first-order valence-electron chi connectivity index (χ1n) is 4.55. The van der Waals surface area contributed by atoms with Gasteiger partial charge in [-0.05, 0) is 32.0 Å². The van der Waals surface area contributed by atoms with Gasteiger partial charge in [-0.1, -0.05) is 17.5 Å². The summed E-state index contributed by atoms with van der Waals surface area (Å²) in [5, 5.41) is 8.90. The molecule has 0 fully saturated rings. The molecule has 0 aliphatic heterocycles. The molecule has 0 amide bonds. The van der Waals surface area contributed by atoms with E-state index in [-0.39, 0.29) is 10.6 Å². The Morgan fingerprint density at radius 2 is 2.19 bits per heavy atom. The summed E-state index contributed by atoms with van der Waals surface area (Å²) < 4.78 is 5.45. The van der Waals surface area contributed by atoms with Gasteiger partial charge in [0, 0.05) is 0 Å². The number of ether oxygens (including phenoxy) is 1. The Morgan fingerprint density at radius 3 is 2.62 bits per heavy atom. The zero-order valence-corrected chi connectivity index (χ0v) is 9.71. The third-order valence-corrected chi connectivity index (χ3v) is 2.20. The Kier molecular flexibility index (Phi) is 3.46. The number of halogens is 1. The quantitative estimate of drug-likeness (QED) is 0.824. The molecule has 84 valence electrons. The van der Waals surface area contributed by atoms with Gasteiger partial charge in [-0.3, -0.25) is 0 Å². The van der Waals surface area contributed by atoms with E-state index in [1.807, 2.05) is 0 Å². The van der Waals surface area contributed by atoms with E-state index in [0.29, 0.717) is 5.75 Å². The first-order valence-corrected chi connectivity index (χ1v) is 4.93. The van der Waals surface area contributed by atoms with Gasteiger partial charge in [0.2, 0.25) is 0 Å². The summed E-state index contributed by atoms with van der Waals surface area (Å²) >= 11 is 5.78. The Morgan fingerprint density at radius 1 is 1.56 bits per heavy atom. The van der Waals surface area contributed by atoms with Crippen LogP contribution in [0.4, 0.5) is 0 Å². The van der Waals surface area contributed by atoms with Gasteiger partial charge >= 0.3 is 5.97 Å². The second kappa shape index (κ2) is 4.46. The number of hydrogen-bond donors (Lipinski definition) is 1. The molecule has 0 unspecified atom stereocenters. The van der Waals surface area contributed by atoms with Crippen molar-refractivity contribution in [3.63, 3.8) is 0 Å². The van der Waals surface area contributed by atoms with E-state index in [1.165, 1.54) is 18.2 Å². The van der Waals surface area contributed by atoms with E-state index in [2.05, 4.69) is 5.92 Å². The highest BCUT2D eigenvalue weighted by molar-refractivity contribution is 6.33. The van der Waals surface area contributed by atoms with E-state index in [9.17, 15) is 4.79 Å². The molecule has 4 heteroatoms. The van der Waals surface area contributed by atoms with Crippen LogP contribution in [0.15, 0.2) is 18.2 Å². The monoisotopic (exact) mass is 238 g/mol. The molecular weight excluding hydrogens is 228 g/mol. The molecule has 0 radical (unpaired) electrons. The van der Waals surface area contributed by atoms with Crippen LogP contribution in [0.3, 0.4) is 0 Å². The summed E-state index contributed by atoms with van der Waals surface area (Å²) in [4.78, 5) is 10.7. The molecule has 16 heavy (non-hydrogen) atoms. The summed E-state index contributed by atoms with van der Waals surface area (Å²) in [5.41, 5.74) is -0.721. The second-order valence-corrected chi connectivity index (χ2v) is 4.11. The molecule has 0 spiro atoms. The maximum atomic E-state index is 10.7. The third-order valence-electron chi connectivity index (χ3n) is 1.89. The molecule has 0 bridgehead atoms. The summed E-state index contributed by atoms with van der Waals surface area (Å²) in [6, 6.07) is 4.34. The lowest BCUT2D eigenvalue weighted by atomic mass is 10.1. The van der Waals surface area contributed by atoms with E-state index >= 15 is 0 Å². The smallest absolute Gasteiger partial charge is 0.337 e. The summed E-state index contributed by atoms with van der Waals surface area (Å²) in [7, 11) is 0. The van der Waals surface area contributed by atoms with Crippen molar-refractivity contribution in [2.24, 2.45) is 0 Å². The molecule has 0 aliphatic carbocycles. The molecular formula is C12H11ClO3. The molecule has 1 aromatic rings. The van der Waals surface area contributed by atoms with Gasteiger partial charge in [-0.15, -0.1) is 6.42 Å². The van der Waals surface area contributed by atoms with Crippen LogP contribution in [0, 0.1) is 12.3 Å². The number of carboxylic acids is 1. The van der Waals surface area contributed by atoms with Crippen molar-refractivity contribution in [2.45, 2.75) is 19.4 Å². The Labute approximate surface area is 99.0 Å². The van der Waals surface area contributed by atoms with E-state index < -0.39 is 11.6 Å². The van der Waals surface area contributed by atoms with Crippen LogP contribution < -0.4 is 4.74 Å². The highest BCUT2D eigenvalue weighted by atomic mass is 35.5. The van der Waals surface area contributed by atoms with Crippen LogP contribution in [-0.4, -0.2) is 16.7 Å². The lowest BCUT2D eigenvalue weighted by molar-refractivity contribution is 0.0697. The van der Waals surface area contributed by atoms with Crippen molar-refractivity contribution in [1.82, 2.24) is 0 Å². The fourth-order valence-corrected chi connectivity index (χ4v) is 1.31. The maximum absolute atomic E-state index is 10.7. The largest absolute Gasteiger partial charge is 0.478 e.